The van der Waals surface area contributed by atoms with Crippen LogP contribution in [0, 0.1) is 12.7 Å². The fourth-order valence-corrected chi connectivity index (χ4v) is 5.47. The van der Waals surface area contributed by atoms with Crippen LogP contribution < -0.4 is 9.64 Å². The van der Waals surface area contributed by atoms with E-state index >= 15 is 0 Å². The number of carbonyl (C=O) groups excluding carboxylic acids is 1. The number of benzene rings is 2. The highest BCUT2D eigenvalue weighted by Gasteiger charge is 2.26. The number of piperazine rings is 1. The normalized spacial score (nSPS) is 14.2. The summed E-state index contributed by atoms with van der Waals surface area (Å²) in [5.74, 6) is 0.469. The van der Waals surface area contributed by atoms with E-state index in [-0.39, 0.29) is 11.7 Å². The van der Waals surface area contributed by atoms with E-state index < -0.39 is 0 Å². The summed E-state index contributed by atoms with van der Waals surface area (Å²) in [7, 11) is 1.63. The number of ether oxygens (including phenoxy) is 1. The van der Waals surface area contributed by atoms with Crippen LogP contribution in [-0.2, 0) is 0 Å². The minimum atomic E-state index is -0.296. The third-order valence-corrected chi connectivity index (χ3v) is 7.31. The average molecular weight is 485 g/mol. The second-order valence-corrected chi connectivity index (χ2v) is 9.34. The molecule has 0 spiro atoms. The number of methoxy groups -OCH3 is 1. The molecule has 1 aliphatic heterocycles. The van der Waals surface area contributed by atoms with Crippen LogP contribution in [0.2, 0.25) is 5.02 Å². The van der Waals surface area contributed by atoms with Gasteiger partial charge in [-0.1, -0.05) is 11.6 Å². The number of hydrogen-bond donors (Lipinski definition) is 0. The lowest BCUT2D eigenvalue weighted by molar-refractivity contribution is 0.0751. The van der Waals surface area contributed by atoms with Crippen LogP contribution in [0.25, 0.3) is 15.9 Å². The lowest BCUT2D eigenvalue weighted by atomic mass is 10.2. The third kappa shape index (κ3) is 4.05. The number of aromatic nitrogens is 2. The van der Waals surface area contributed by atoms with E-state index in [0.29, 0.717) is 36.1 Å². The van der Waals surface area contributed by atoms with Gasteiger partial charge in [0.15, 0.2) is 0 Å². The fraction of sp³-hybridized carbons (Fsp3) is 0.250. The van der Waals surface area contributed by atoms with Crippen LogP contribution in [0.5, 0.6) is 5.75 Å². The quantitative estimate of drug-likeness (QED) is 0.401. The Morgan fingerprint density at radius 3 is 2.52 bits per heavy atom. The van der Waals surface area contributed by atoms with Crippen LogP contribution in [0.1, 0.15) is 15.4 Å². The van der Waals surface area contributed by atoms with Gasteiger partial charge in [0.2, 0.25) is 0 Å². The Balaban J connectivity index is 1.35. The second-order valence-electron chi connectivity index (χ2n) is 7.90. The lowest BCUT2D eigenvalue weighted by Crippen LogP contribution is -2.48. The predicted octanol–water partition coefficient (Wildman–Crippen LogP) is 5.16. The molecule has 3 heterocycles. The van der Waals surface area contributed by atoms with Gasteiger partial charge in [-0.15, -0.1) is 11.3 Å². The van der Waals surface area contributed by atoms with Gasteiger partial charge in [0.1, 0.15) is 16.4 Å². The number of rotatable bonds is 4. The molecule has 9 heteroatoms. The van der Waals surface area contributed by atoms with Gasteiger partial charge in [-0.2, -0.15) is 5.10 Å². The zero-order chi connectivity index (χ0) is 23.1. The van der Waals surface area contributed by atoms with Gasteiger partial charge in [0.25, 0.3) is 5.91 Å². The number of thiophene rings is 1. The third-order valence-electron chi connectivity index (χ3n) is 5.89. The van der Waals surface area contributed by atoms with E-state index in [2.05, 4.69) is 10.00 Å². The molecular weight excluding hydrogens is 463 g/mol. The summed E-state index contributed by atoms with van der Waals surface area (Å²) in [5.41, 5.74) is 2.52. The molecule has 0 atom stereocenters. The Morgan fingerprint density at radius 1 is 1.09 bits per heavy atom. The van der Waals surface area contributed by atoms with E-state index in [0.717, 1.165) is 33.0 Å². The minimum Gasteiger partial charge on any atom is -0.497 e. The van der Waals surface area contributed by atoms with Gasteiger partial charge in [-0.05, 0) is 49.4 Å². The molecule has 2 aromatic heterocycles. The van der Waals surface area contributed by atoms with Crippen LogP contribution in [0.3, 0.4) is 0 Å². The number of carbonyl (C=O) groups is 1. The van der Waals surface area contributed by atoms with Crippen molar-refractivity contribution in [3.63, 3.8) is 0 Å². The molecule has 170 valence electrons. The molecule has 1 saturated heterocycles. The van der Waals surface area contributed by atoms with Crippen molar-refractivity contribution in [1.29, 1.82) is 0 Å². The van der Waals surface area contributed by atoms with E-state index in [1.54, 1.807) is 23.9 Å². The number of amides is 1. The summed E-state index contributed by atoms with van der Waals surface area (Å²) in [6, 6.07) is 13.7. The maximum Gasteiger partial charge on any atom is 0.264 e. The maximum absolute atomic E-state index is 13.3. The van der Waals surface area contributed by atoms with Gasteiger partial charge in [0.05, 0.1) is 34.1 Å². The van der Waals surface area contributed by atoms with E-state index in [1.165, 1.54) is 23.5 Å². The van der Waals surface area contributed by atoms with Crippen LogP contribution in [-0.4, -0.2) is 53.9 Å². The van der Waals surface area contributed by atoms with Crippen molar-refractivity contribution < 1.29 is 13.9 Å². The summed E-state index contributed by atoms with van der Waals surface area (Å²) >= 11 is 7.81. The van der Waals surface area contributed by atoms with Gasteiger partial charge in [-0.3, -0.25) is 4.79 Å². The lowest BCUT2D eigenvalue weighted by Gasteiger charge is -2.36. The smallest absolute Gasteiger partial charge is 0.264 e. The first-order valence-corrected chi connectivity index (χ1v) is 11.8. The molecule has 0 radical (unpaired) electrons. The molecule has 33 heavy (non-hydrogen) atoms. The molecule has 1 amide bonds. The van der Waals surface area contributed by atoms with Crippen molar-refractivity contribution in [1.82, 2.24) is 14.7 Å². The SMILES string of the molecule is COc1ccc(Cl)c(N2CCN(C(=O)c3cc4c(C)nn(-c5ccc(F)cc5)c4s3)CC2)c1. The topological polar surface area (TPSA) is 50.6 Å². The maximum atomic E-state index is 13.3. The number of fused-ring (bicyclic) bond motifs is 1. The highest BCUT2D eigenvalue weighted by Crippen LogP contribution is 2.33. The Bertz CT molecular complexity index is 1330. The molecule has 5 rings (SSSR count). The summed E-state index contributed by atoms with van der Waals surface area (Å²) in [5, 5.41) is 6.19. The van der Waals surface area contributed by atoms with Crippen LogP contribution in [0.15, 0.2) is 48.5 Å². The molecule has 2 aromatic carbocycles. The van der Waals surface area contributed by atoms with Gasteiger partial charge < -0.3 is 14.5 Å². The largest absolute Gasteiger partial charge is 0.497 e. The molecule has 0 aliphatic carbocycles. The van der Waals surface area contributed by atoms with Crippen molar-refractivity contribution in [2.75, 3.05) is 38.2 Å². The average Bonchev–Trinajstić information content (AvgIpc) is 3.40. The second kappa shape index (κ2) is 8.68. The van der Waals surface area contributed by atoms with Gasteiger partial charge >= 0.3 is 0 Å². The summed E-state index contributed by atoms with van der Waals surface area (Å²) in [6.07, 6.45) is 0. The highest BCUT2D eigenvalue weighted by molar-refractivity contribution is 7.20. The minimum absolute atomic E-state index is 0.0117. The molecule has 1 fully saturated rings. The zero-order valence-corrected chi connectivity index (χ0v) is 19.8. The van der Waals surface area contributed by atoms with Crippen LogP contribution in [0.4, 0.5) is 10.1 Å². The van der Waals surface area contributed by atoms with Crippen molar-refractivity contribution in [3.8, 4) is 11.4 Å². The predicted molar refractivity (Wildman–Crippen MR) is 130 cm³/mol. The summed E-state index contributed by atoms with van der Waals surface area (Å²) in [4.78, 5) is 18.9. The van der Waals surface area contributed by atoms with Crippen LogP contribution >= 0.6 is 22.9 Å². The number of hydrogen-bond acceptors (Lipinski definition) is 5. The number of anilines is 1. The summed E-state index contributed by atoms with van der Waals surface area (Å²) < 4.78 is 20.4. The first-order valence-electron chi connectivity index (χ1n) is 10.6. The van der Waals surface area contributed by atoms with E-state index in [9.17, 15) is 9.18 Å². The highest BCUT2D eigenvalue weighted by atomic mass is 35.5. The van der Waals surface area contributed by atoms with Crippen molar-refractivity contribution in [2.24, 2.45) is 0 Å². The van der Waals surface area contributed by atoms with E-state index in [1.807, 2.05) is 36.1 Å². The molecule has 4 aromatic rings. The molecule has 0 unspecified atom stereocenters. The Labute approximate surface area is 199 Å². The van der Waals surface area contributed by atoms with Crippen molar-refractivity contribution in [3.05, 3.63) is 69.9 Å². The zero-order valence-electron chi connectivity index (χ0n) is 18.2. The summed E-state index contributed by atoms with van der Waals surface area (Å²) in [6.45, 7) is 4.49. The molecular formula is C24H22ClFN4O2S. The molecule has 0 N–H and O–H groups in total. The Kier molecular flexibility index (Phi) is 5.72. The monoisotopic (exact) mass is 484 g/mol. The Morgan fingerprint density at radius 2 is 1.82 bits per heavy atom. The number of aryl methyl sites for hydroxylation is 1. The fourth-order valence-electron chi connectivity index (χ4n) is 4.08. The van der Waals surface area contributed by atoms with E-state index in [4.69, 9.17) is 16.3 Å². The van der Waals surface area contributed by atoms with Gasteiger partial charge in [0, 0.05) is 37.6 Å². The van der Waals surface area contributed by atoms with Crippen molar-refractivity contribution >= 4 is 44.7 Å². The standard InChI is InChI=1S/C24H22ClFN4O2S/c1-15-19-14-22(33-24(19)30(27-15)17-5-3-16(26)4-6-17)23(31)29-11-9-28(10-12-29)21-13-18(32-2)7-8-20(21)25/h3-8,13-14H,9-12H2,1-2H3. The molecule has 6 nitrogen and oxygen atoms in total. The van der Waals surface area contributed by atoms with Crippen molar-refractivity contribution in [2.45, 2.75) is 6.92 Å². The molecule has 1 aliphatic rings. The first-order chi connectivity index (χ1) is 15.9. The molecule has 0 bridgehead atoms. The number of nitrogens with zero attached hydrogens (tertiary/aromatic N) is 4. The molecule has 0 saturated carbocycles. The number of halogens is 2. The van der Waals surface area contributed by atoms with Gasteiger partial charge in [-0.25, -0.2) is 9.07 Å². The first kappa shape index (κ1) is 21.7. The Hall–Kier alpha value is -3.10.